The Kier molecular flexibility index (Phi) is 5.53. The van der Waals surface area contributed by atoms with Crippen LogP contribution in [0.2, 0.25) is 0 Å². The molecule has 0 unspecified atom stereocenters. The molecular formula is C23H21N3O2S. The highest BCUT2D eigenvalue weighted by Crippen LogP contribution is 2.28. The fourth-order valence-electron chi connectivity index (χ4n) is 3.05. The van der Waals surface area contributed by atoms with Gasteiger partial charge in [-0.05, 0) is 24.8 Å². The minimum Gasteiger partial charge on any atom is -0.480 e. The van der Waals surface area contributed by atoms with Crippen LogP contribution in [0.4, 0.5) is 5.13 Å². The molecule has 0 saturated heterocycles. The number of aryl methyl sites for hydroxylation is 1. The van der Waals surface area contributed by atoms with Gasteiger partial charge in [-0.15, -0.1) is 10.2 Å². The van der Waals surface area contributed by atoms with Crippen molar-refractivity contribution in [2.75, 3.05) is 5.32 Å². The quantitative estimate of drug-likeness (QED) is 0.464. The molecular weight excluding hydrogens is 382 g/mol. The van der Waals surface area contributed by atoms with Crippen molar-refractivity contribution in [1.82, 2.24) is 10.2 Å². The zero-order valence-electron chi connectivity index (χ0n) is 16.3. The van der Waals surface area contributed by atoms with Crippen LogP contribution in [0.3, 0.4) is 0 Å². The lowest BCUT2D eigenvalue weighted by atomic mass is 10.1. The number of anilines is 1. The molecule has 146 valence electrons. The van der Waals surface area contributed by atoms with Crippen LogP contribution < -0.4 is 10.1 Å². The number of rotatable bonds is 6. The molecule has 4 rings (SSSR count). The Morgan fingerprint density at radius 1 is 1.03 bits per heavy atom. The van der Waals surface area contributed by atoms with Crippen LogP contribution in [0.25, 0.3) is 21.3 Å². The number of aromatic nitrogens is 2. The summed E-state index contributed by atoms with van der Waals surface area (Å²) in [4.78, 5) is 12.8. The molecule has 0 aliphatic carbocycles. The van der Waals surface area contributed by atoms with Crippen molar-refractivity contribution in [3.8, 4) is 16.3 Å². The molecule has 1 atom stereocenters. The average Bonchev–Trinajstić information content (AvgIpc) is 3.21. The zero-order chi connectivity index (χ0) is 20.2. The standard InChI is InChI=1S/C23H21N3O2S/c1-3-19(28-20-10-6-8-16-7-4-5-9-18(16)20)21(27)24-23-26-25-22(29-23)17-13-11-15(2)12-14-17/h4-14,19H,3H2,1-2H3,(H,24,26,27)/t19-/m1/s1. The second-order valence-corrected chi connectivity index (χ2v) is 7.74. The Bertz CT molecular complexity index is 1130. The van der Waals surface area contributed by atoms with Crippen LogP contribution in [0, 0.1) is 6.92 Å². The van der Waals surface area contributed by atoms with Crippen molar-refractivity contribution in [2.24, 2.45) is 0 Å². The largest absolute Gasteiger partial charge is 0.480 e. The van der Waals surface area contributed by atoms with E-state index in [1.165, 1.54) is 16.9 Å². The number of hydrogen-bond acceptors (Lipinski definition) is 5. The molecule has 0 bridgehead atoms. The molecule has 0 aliphatic heterocycles. The number of amides is 1. The first-order chi connectivity index (χ1) is 14.1. The van der Waals surface area contributed by atoms with Gasteiger partial charge in [-0.1, -0.05) is 84.5 Å². The highest BCUT2D eigenvalue weighted by molar-refractivity contribution is 7.18. The summed E-state index contributed by atoms with van der Waals surface area (Å²) >= 11 is 1.35. The molecule has 29 heavy (non-hydrogen) atoms. The maximum Gasteiger partial charge on any atom is 0.267 e. The van der Waals surface area contributed by atoms with Gasteiger partial charge in [0, 0.05) is 10.9 Å². The summed E-state index contributed by atoms with van der Waals surface area (Å²) in [5.41, 5.74) is 2.16. The predicted octanol–water partition coefficient (Wildman–Crippen LogP) is 5.46. The Morgan fingerprint density at radius 2 is 1.79 bits per heavy atom. The Morgan fingerprint density at radius 3 is 2.59 bits per heavy atom. The summed E-state index contributed by atoms with van der Waals surface area (Å²) in [6.07, 6.45) is -0.0777. The molecule has 0 aliphatic rings. The highest BCUT2D eigenvalue weighted by atomic mass is 32.1. The van der Waals surface area contributed by atoms with Crippen LogP contribution in [0.1, 0.15) is 18.9 Å². The predicted molar refractivity (Wildman–Crippen MR) is 117 cm³/mol. The van der Waals surface area contributed by atoms with Gasteiger partial charge in [-0.2, -0.15) is 0 Å². The van der Waals surface area contributed by atoms with Gasteiger partial charge in [0.1, 0.15) is 10.8 Å². The van der Waals surface area contributed by atoms with Crippen LogP contribution in [0.5, 0.6) is 5.75 Å². The van der Waals surface area contributed by atoms with Crippen molar-refractivity contribution in [3.63, 3.8) is 0 Å². The third-order valence-electron chi connectivity index (χ3n) is 4.64. The fraction of sp³-hybridized carbons (Fsp3) is 0.174. The summed E-state index contributed by atoms with van der Waals surface area (Å²) in [6, 6.07) is 21.9. The van der Waals surface area contributed by atoms with Gasteiger partial charge in [-0.3, -0.25) is 10.1 Å². The van der Waals surface area contributed by atoms with Gasteiger partial charge in [0.05, 0.1) is 0 Å². The van der Waals surface area contributed by atoms with Crippen LogP contribution in [-0.4, -0.2) is 22.2 Å². The summed E-state index contributed by atoms with van der Waals surface area (Å²) < 4.78 is 6.06. The Hall–Kier alpha value is -3.25. The number of hydrogen-bond donors (Lipinski definition) is 1. The van der Waals surface area contributed by atoms with Crippen molar-refractivity contribution in [1.29, 1.82) is 0 Å². The SMILES string of the molecule is CC[C@@H](Oc1cccc2ccccc12)C(=O)Nc1nnc(-c2ccc(C)cc2)s1. The fourth-order valence-corrected chi connectivity index (χ4v) is 3.80. The number of fused-ring (bicyclic) bond motifs is 1. The molecule has 5 nitrogen and oxygen atoms in total. The Labute approximate surface area is 173 Å². The van der Waals surface area contributed by atoms with Crippen molar-refractivity contribution >= 4 is 33.1 Å². The molecule has 1 aromatic heterocycles. The van der Waals surface area contributed by atoms with E-state index in [9.17, 15) is 4.79 Å². The summed E-state index contributed by atoms with van der Waals surface area (Å²) in [5.74, 6) is 0.467. The average molecular weight is 404 g/mol. The number of benzene rings is 3. The van der Waals surface area contributed by atoms with Gasteiger partial charge < -0.3 is 4.74 Å². The molecule has 0 fully saturated rings. The van der Waals surface area contributed by atoms with Crippen molar-refractivity contribution in [3.05, 3.63) is 72.3 Å². The second-order valence-electron chi connectivity index (χ2n) is 6.76. The molecule has 1 heterocycles. The minimum atomic E-state index is -0.618. The molecule has 1 N–H and O–H groups in total. The van der Waals surface area contributed by atoms with Crippen LogP contribution >= 0.6 is 11.3 Å². The van der Waals surface area contributed by atoms with Gasteiger partial charge in [-0.25, -0.2) is 0 Å². The van der Waals surface area contributed by atoms with E-state index in [0.717, 1.165) is 21.3 Å². The first-order valence-corrected chi connectivity index (χ1v) is 10.3. The van der Waals surface area contributed by atoms with E-state index in [1.807, 2.05) is 80.6 Å². The molecule has 1 amide bonds. The molecule has 0 saturated carbocycles. The lowest BCUT2D eigenvalue weighted by Crippen LogP contribution is -2.32. The molecule has 6 heteroatoms. The van der Waals surface area contributed by atoms with E-state index in [0.29, 0.717) is 17.3 Å². The number of nitrogens with one attached hydrogen (secondary N) is 1. The third kappa shape index (κ3) is 4.27. The Balaban J connectivity index is 1.49. The molecule has 0 spiro atoms. The smallest absolute Gasteiger partial charge is 0.267 e. The maximum absolute atomic E-state index is 12.8. The van der Waals surface area contributed by atoms with E-state index in [2.05, 4.69) is 15.5 Å². The zero-order valence-corrected chi connectivity index (χ0v) is 17.1. The number of carbonyl (C=O) groups is 1. The first-order valence-electron chi connectivity index (χ1n) is 9.50. The monoisotopic (exact) mass is 403 g/mol. The number of ether oxygens (including phenoxy) is 1. The van der Waals surface area contributed by atoms with Gasteiger partial charge in [0.25, 0.3) is 5.91 Å². The van der Waals surface area contributed by atoms with E-state index in [-0.39, 0.29) is 5.91 Å². The van der Waals surface area contributed by atoms with Crippen molar-refractivity contribution in [2.45, 2.75) is 26.4 Å². The van der Waals surface area contributed by atoms with Gasteiger partial charge >= 0.3 is 0 Å². The van der Waals surface area contributed by atoms with Crippen molar-refractivity contribution < 1.29 is 9.53 Å². The van der Waals surface area contributed by atoms with E-state index in [1.54, 1.807) is 0 Å². The van der Waals surface area contributed by atoms with E-state index in [4.69, 9.17) is 4.74 Å². The van der Waals surface area contributed by atoms with Crippen LogP contribution in [0.15, 0.2) is 66.7 Å². The number of carbonyl (C=O) groups excluding carboxylic acids is 1. The topological polar surface area (TPSA) is 64.1 Å². The van der Waals surface area contributed by atoms with E-state index >= 15 is 0 Å². The molecule has 3 aromatic carbocycles. The lowest BCUT2D eigenvalue weighted by molar-refractivity contribution is -0.122. The first kappa shape index (κ1) is 19.1. The summed E-state index contributed by atoms with van der Waals surface area (Å²) in [6.45, 7) is 3.96. The van der Waals surface area contributed by atoms with E-state index < -0.39 is 6.10 Å². The highest BCUT2D eigenvalue weighted by Gasteiger charge is 2.21. The second kappa shape index (κ2) is 8.41. The summed E-state index contributed by atoms with van der Waals surface area (Å²) in [5, 5.41) is 14.4. The van der Waals surface area contributed by atoms with Gasteiger partial charge in [0.2, 0.25) is 5.13 Å². The van der Waals surface area contributed by atoms with Gasteiger partial charge in [0.15, 0.2) is 6.10 Å². The molecule has 4 aromatic rings. The summed E-state index contributed by atoms with van der Waals surface area (Å²) in [7, 11) is 0. The lowest BCUT2D eigenvalue weighted by Gasteiger charge is -2.17. The maximum atomic E-state index is 12.8. The number of nitrogens with zero attached hydrogens (tertiary/aromatic N) is 2. The minimum absolute atomic E-state index is 0.230. The normalized spacial score (nSPS) is 11.9. The molecule has 0 radical (unpaired) electrons. The van der Waals surface area contributed by atoms with Crippen LogP contribution in [-0.2, 0) is 4.79 Å². The third-order valence-corrected chi connectivity index (χ3v) is 5.52.